The summed E-state index contributed by atoms with van der Waals surface area (Å²) in [5.41, 5.74) is 0.0143. The van der Waals surface area contributed by atoms with Crippen LogP contribution >= 0.6 is 23.2 Å². The number of allylic oxidation sites excluding steroid dienone is 2. The zero-order valence-corrected chi connectivity index (χ0v) is 11.0. The van der Waals surface area contributed by atoms with E-state index in [1.165, 1.54) is 18.2 Å². The molecular weight excluding hydrogens is 329 g/mol. The van der Waals surface area contributed by atoms with Crippen LogP contribution in [-0.2, 0) is 0 Å². The average molecular weight is 335 g/mol. The van der Waals surface area contributed by atoms with Gasteiger partial charge in [0.2, 0.25) is 0 Å². The van der Waals surface area contributed by atoms with Crippen molar-refractivity contribution in [3.8, 4) is 0 Å². The van der Waals surface area contributed by atoms with Crippen molar-refractivity contribution in [3.05, 3.63) is 45.5 Å². The molecule has 0 atom stereocenters. The molecular formula is C12H6Cl2F6. The van der Waals surface area contributed by atoms with Crippen molar-refractivity contribution in [2.24, 2.45) is 0 Å². The second kappa shape index (κ2) is 6.10. The molecule has 0 saturated heterocycles. The molecule has 20 heavy (non-hydrogen) atoms. The van der Waals surface area contributed by atoms with Gasteiger partial charge in [0.05, 0.1) is 0 Å². The van der Waals surface area contributed by atoms with E-state index < -0.39 is 22.4 Å². The molecule has 0 unspecified atom stereocenters. The Kier molecular flexibility index (Phi) is 5.15. The Morgan fingerprint density at radius 2 is 1.15 bits per heavy atom. The van der Waals surface area contributed by atoms with Gasteiger partial charge in [-0.3, -0.25) is 0 Å². The molecule has 0 nitrogen and oxygen atoms in total. The predicted octanol–water partition coefficient (Wildman–Crippen LogP) is 5.97. The molecule has 1 aromatic rings. The topological polar surface area (TPSA) is 0 Å². The zero-order chi connectivity index (χ0) is 15.6. The normalized spacial score (nSPS) is 14.6. The highest BCUT2D eigenvalue weighted by molar-refractivity contribution is 6.32. The van der Waals surface area contributed by atoms with Crippen LogP contribution in [0.5, 0.6) is 0 Å². The standard InChI is InChI=1S/C12H6Cl2F6/c13-9(11(15,16)17)5-7-2-1-3-8(4-7)6-10(14)12(18,19)20/h1-6H/b9-5-,10-6-. The Bertz CT molecular complexity index is 494. The minimum Gasteiger partial charge on any atom is -0.165 e. The largest absolute Gasteiger partial charge is 0.426 e. The summed E-state index contributed by atoms with van der Waals surface area (Å²) in [7, 11) is 0. The van der Waals surface area contributed by atoms with Gasteiger partial charge in [0.25, 0.3) is 0 Å². The van der Waals surface area contributed by atoms with Crippen molar-refractivity contribution in [3.63, 3.8) is 0 Å². The van der Waals surface area contributed by atoms with E-state index in [1.807, 2.05) is 0 Å². The van der Waals surface area contributed by atoms with Gasteiger partial charge in [0.15, 0.2) is 0 Å². The average Bonchev–Trinajstić information content (AvgIpc) is 2.26. The molecule has 0 amide bonds. The first kappa shape index (κ1) is 16.9. The van der Waals surface area contributed by atoms with Crippen LogP contribution in [0.15, 0.2) is 34.3 Å². The maximum absolute atomic E-state index is 12.2. The van der Waals surface area contributed by atoms with E-state index in [-0.39, 0.29) is 11.1 Å². The number of hydrogen-bond donors (Lipinski definition) is 0. The van der Waals surface area contributed by atoms with E-state index in [4.69, 9.17) is 23.2 Å². The summed E-state index contributed by atoms with van der Waals surface area (Å²) in [6.07, 6.45) is -8.20. The highest BCUT2D eigenvalue weighted by atomic mass is 35.5. The van der Waals surface area contributed by atoms with Crippen LogP contribution in [0.4, 0.5) is 26.3 Å². The maximum Gasteiger partial charge on any atom is 0.426 e. The second-order valence-electron chi connectivity index (χ2n) is 3.65. The number of hydrogen-bond acceptors (Lipinski definition) is 0. The third-order valence-electron chi connectivity index (χ3n) is 2.04. The first-order valence-electron chi connectivity index (χ1n) is 4.99. The molecule has 0 bridgehead atoms. The lowest BCUT2D eigenvalue weighted by atomic mass is 10.1. The van der Waals surface area contributed by atoms with Crippen molar-refractivity contribution in [2.75, 3.05) is 0 Å². The van der Waals surface area contributed by atoms with Crippen molar-refractivity contribution in [1.82, 2.24) is 0 Å². The van der Waals surface area contributed by atoms with Crippen LogP contribution in [0.25, 0.3) is 12.2 Å². The Balaban J connectivity index is 3.10. The monoisotopic (exact) mass is 334 g/mol. The van der Waals surface area contributed by atoms with E-state index in [2.05, 4.69) is 0 Å². The molecule has 110 valence electrons. The fourth-order valence-electron chi connectivity index (χ4n) is 1.19. The van der Waals surface area contributed by atoms with Crippen molar-refractivity contribution in [1.29, 1.82) is 0 Å². The van der Waals surface area contributed by atoms with E-state index >= 15 is 0 Å². The highest BCUT2D eigenvalue weighted by Gasteiger charge is 2.33. The molecule has 0 heterocycles. The molecule has 0 saturated carbocycles. The number of benzene rings is 1. The first-order chi connectivity index (χ1) is 9.00. The minimum absolute atomic E-state index is 0.00714. The van der Waals surface area contributed by atoms with Gasteiger partial charge in [-0.15, -0.1) is 0 Å². The lowest BCUT2D eigenvalue weighted by Crippen LogP contribution is -2.07. The number of halogens is 8. The SMILES string of the molecule is FC(F)(F)/C(Cl)=C/c1cccc(/C=C(\Cl)C(F)(F)F)c1. The van der Waals surface area contributed by atoms with E-state index in [1.54, 1.807) is 0 Å². The van der Waals surface area contributed by atoms with Gasteiger partial charge < -0.3 is 0 Å². The van der Waals surface area contributed by atoms with Gasteiger partial charge in [-0.25, -0.2) is 0 Å². The highest BCUT2D eigenvalue weighted by Crippen LogP contribution is 2.32. The van der Waals surface area contributed by atoms with Crippen molar-refractivity contribution in [2.45, 2.75) is 12.4 Å². The molecule has 0 aliphatic heterocycles. The summed E-state index contributed by atoms with van der Waals surface area (Å²) < 4.78 is 73.3. The lowest BCUT2D eigenvalue weighted by molar-refractivity contribution is -0.0845. The third-order valence-corrected chi connectivity index (χ3v) is 2.69. The zero-order valence-electron chi connectivity index (χ0n) is 9.49. The van der Waals surface area contributed by atoms with Crippen LogP contribution in [0.2, 0.25) is 0 Å². The molecule has 0 aliphatic rings. The van der Waals surface area contributed by atoms with Crippen molar-refractivity contribution >= 4 is 35.4 Å². The van der Waals surface area contributed by atoms with Crippen LogP contribution in [-0.4, -0.2) is 12.4 Å². The van der Waals surface area contributed by atoms with Gasteiger partial charge in [0.1, 0.15) is 10.1 Å². The summed E-state index contributed by atoms with van der Waals surface area (Å²) in [6, 6.07) is 4.93. The van der Waals surface area contributed by atoms with E-state index in [0.717, 1.165) is 6.07 Å². The number of rotatable bonds is 2. The van der Waals surface area contributed by atoms with Crippen LogP contribution in [0.1, 0.15) is 11.1 Å². The molecule has 0 radical (unpaired) electrons. The Labute approximate surface area is 120 Å². The Morgan fingerprint density at radius 3 is 1.45 bits per heavy atom. The molecule has 1 rings (SSSR count). The van der Waals surface area contributed by atoms with Gasteiger partial charge in [-0.05, 0) is 29.3 Å². The Morgan fingerprint density at radius 1 is 0.800 bits per heavy atom. The molecule has 8 heteroatoms. The summed E-state index contributed by atoms with van der Waals surface area (Å²) in [6.45, 7) is 0. The third kappa shape index (κ3) is 5.09. The summed E-state index contributed by atoms with van der Waals surface area (Å²) >= 11 is 10.1. The summed E-state index contributed by atoms with van der Waals surface area (Å²) in [5, 5.41) is -2.75. The molecule has 0 fully saturated rings. The van der Waals surface area contributed by atoms with Gasteiger partial charge in [-0.2, -0.15) is 26.3 Å². The van der Waals surface area contributed by atoms with Crippen LogP contribution in [0, 0.1) is 0 Å². The lowest BCUT2D eigenvalue weighted by Gasteiger charge is -2.06. The smallest absolute Gasteiger partial charge is 0.165 e. The summed E-state index contributed by atoms with van der Waals surface area (Å²) in [4.78, 5) is 0. The maximum atomic E-state index is 12.2. The fourth-order valence-corrected chi connectivity index (χ4v) is 1.45. The molecule has 0 aromatic heterocycles. The fraction of sp³-hybridized carbons (Fsp3) is 0.167. The van der Waals surface area contributed by atoms with Gasteiger partial charge in [-0.1, -0.05) is 41.4 Å². The minimum atomic E-state index is -4.71. The second-order valence-corrected chi connectivity index (χ2v) is 4.46. The van der Waals surface area contributed by atoms with Gasteiger partial charge >= 0.3 is 12.4 Å². The molecule has 0 spiro atoms. The Hall–Kier alpha value is -1.14. The van der Waals surface area contributed by atoms with Crippen LogP contribution in [0.3, 0.4) is 0 Å². The summed E-state index contributed by atoms with van der Waals surface area (Å²) in [5.74, 6) is 0. The van der Waals surface area contributed by atoms with E-state index in [0.29, 0.717) is 12.2 Å². The van der Waals surface area contributed by atoms with Gasteiger partial charge in [0, 0.05) is 0 Å². The quantitative estimate of drug-likeness (QED) is 0.584. The van der Waals surface area contributed by atoms with Crippen molar-refractivity contribution < 1.29 is 26.3 Å². The molecule has 0 aliphatic carbocycles. The van der Waals surface area contributed by atoms with E-state index in [9.17, 15) is 26.3 Å². The van der Waals surface area contributed by atoms with Crippen LogP contribution < -0.4 is 0 Å². The first-order valence-corrected chi connectivity index (χ1v) is 5.74. The number of alkyl halides is 6. The molecule has 0 N–H and O–H groups in total. The molecule has 1 aromatic carbocycles. The predicted molar refractivity (Wildman–Crippen MR) is 66.2 cm³/mol.